The molecule has 0 aromatic carbocycles. The highest BCUT2D eigenvalue weighted by atomic mass is 79.9. The Morgan fingerprint density at radius 3 is 2.81 bits per heavy atom. The Morgan fingerprint density at radius 1 is 1.32 bits per heavy atom. The van der Waals surface area contributed by atoms with Crippen LogP contribution in [0.5, 0.6) is 0 Å². The van der Waals surface area contributed by atoms with E-state index in [1.54, 1.807) is 0 Å². The largest absolute Gasteiger partial charge is 0.433 e. The Morgan fingerprint density at radius 2 is 2.13 bits per heavy atom. The number of alkyl halides is 3. The quantitative estimate of drug-likeness (QED) is 0.380. The van der Waals surface area contributed by atoms with Crippen molar-refractivity contribution in [3.8, 4) is 11.4 Å². The number of carbonyl (C=O) groups is 1. The molecule has 0 saturated heterocycles. The first kappa shape index (κ1) is 21.2. The van der Waals surface area contributed by atoms with E-state index in [1.807, 2.05) is 5.38 Å². The number of hydrogen-bond acceptors (Lipinski definition) is 7. The van der Waals surface area contributed by atoms with Gasteiger partial charge in [0.15, 0.2) is 5.82 Å². The molecule has 31 heavy (non-hydrogen) atoms. The maximum Gasteiger partial charge on any atom is 0.433 e. The highest BCUT2D eigenvalue weighted by Crippen LogP contribution is 2.39. The van der Waals surface area contributed by atoms with E-state index in [1.165, 1.54) is 29.8 Å². The number of halogens is 4. The fraction of sp³-hybridized carbons (Fsp3) is 0.167. The Balaban J connectivity index is 1.71. The first-order valence-electron chi connectivity index (χ1n) is 8.70. The van der Waals surface area contributed by atoms with Crippen LogP contribution in [-0.2, 0) is 11.0 Å². The Bertz CT molecular complexity index is 1300. The third-order valence-corrected chi connectivity index (χ3v) is 6.33. The van der Waals surface area contributed by atoms with Crippen LogP contribution in [0.4, 0.5) is 18.2 Å². The monoisotopic (exact) mass is 512 g/mol. The number of carbonyl (C=O) groups excluding carboxylic acids is 1. The maximum absolute atomic E-state index is 13.1. The van der Waals surface area contributed by atoms with Gasteiger partial charge in [-0.3, -0.25) is 19.4 Å². The molecule has 0 bridgehead atoms. The second kappa shape index (κ2) is 8.23. The molecule has 8 nitrogen and oxygen atoms in total. The molecule has 1 unspecified atom stereocenters. The van der Waals surface area contributed by atoms with Crippen LogP contribution < -0.4 is 10.9 Å². The number of anilines is 1. The summed E-state index contributed by atoms with van der Waals surface area (Å²) in [6.45, 7) is -0.0414. The summed E-state index contributed by atoms with van der Waals surface area (Å²) in [6.07, 6.45) is -1.80. The molecular formula is C18H12BrF3N6O2S. The average molecular weight is 513 g/mol. The van der Waals surface area contributed by atoms with Crippen molar-refractivity contribution in [1.82, 2.24) is 24.7 Å². The number of aromatic amines is 1. The molecule has 0 spiro atoms. The van der Waals surface area contributed by atoms with E-state index >= 15 is 0 Å². The Hall–Kier alpha value is -3.06. The van der Waals surface area contributed by atoms with E-state index in [0.29, 0.717) is 28.1 Å². The van der Waals surface area contributed by atoms with Crippen molar-refractivity contribution in [2.45, 2.75) is 12.2 Å². The SMILES string of the molecule is O=CC(CNc1scc(Br)c1-c1ncn[nH]1)n1c(=O)ccc2cnc(C(F)(F)F)cc21. The normalized spacial score (nSPS) is 12.8. The van der Waals surface area contributed by atoms with E-state index in [4.69, 9.17) is 0 Å². The van der Waals surface area contributed by atoms with Crippen LogP contribution in [0, 0.1) is 0 Å². The lowest BCUT2D eigenvalue weighted by Crippen LogP contribution is -2.30. The standard InChI is InChI=1S/C18H12BrF3N6O2S/c19-11-7-31-17(15(11)16-25-8-26-27-16)24-5-10(6-29)28-12-3-13(18(20,21)22)23-4-9(12)1-2-14(28)30/h1-4,6-8,10,24H,5H2,(H,25,26,27). The number of rotatable bonds is 6. The molecule has 4 heterocycles. The van der Waals surface area contributed by atoms with Gasteiger partial charge < -0.3 is 10.1 Å². The summed E-state index contributed by atoms with van der Waals surface area (Å²) in [5.41, 5.74) is -1.10. The molecule has 0 aliphatic rings. The smallest absolute Gasteiger partial charge is 0.374 e. The van der Waals surface area contributed by atoms with Crippen LogP contribution in [0.25, 0.3) is 22.3 Å². The van der Waals surface area contributed by atoms with Gasteiger partial charge in [-0.05, 0) is 28.1 Å². The zero-order valence-corrected chi connectivity index (χ0v) is 17.8. The summed E-state index contributed by atoms with van der Waals surface area (Å²) in [5, 5.41) is 12.4. The number of aldehydes is 1. The van der Waals surface area contributed by atoms with Gasteiger partial charge in [-0.25, -0.2) is 4.98 Å². The van der Waals surface area contributed by atoms with Crippen LogP contribution in [0.15, 0.2) is 45.4 Å². The zero-order chi connectivity index (χ0) is 22.2. The molecule has 4 aromatic rings. The summed E-state index contributed by atoms with van der Waals surface area (Å²) < 4.78 is 41.2. The highest BCUT2D eigenvalue weighted by Gasteiger charge is 2.33. The summed E-state index contributed by atoms with van der Waals surface area (Å²) in [6, 6.07) is 2.27. The molecule has 0 aliphatic heterocycles. The van der Waals surface area contributed by atoms with Crippen molar-refractivity contribution in [2.24, 2.45) is 0 Å². The first-order valence-corrected chi connectivity index (χ1v) is 10.4. The number of H-pyrrole nitrogens is 1. The van der Waals surface area contributed by atoms with E-state index in [2.05, 4.69) is 41.4 Å². The van der Waals surface area contributed by atoms with Crippen molar-refractivity contribution < 1.29 is 18.0 Å². The van der Waals surface area contributed by atoms with Crippen LogP contribution in [0.3, 0.4) is 0 Å². The Kier molecular flexibility index (Phi) is 5.62. The minimum Gasteiger partial charge on any atom is -0.374 e. The van der Waals surface area contributed by atoms with Crippen molar-refractivity contribution in [3.05, 3.63) is 56.6 Å². The van der Waals surface area contributed by atoms with Gasteiger partial charge in [-0.15, -0.1) is 11.3 Å². The Labute approximate surface area is 184 Å². The van der Waals surface area contributed by atoms with Gasteiger partial charge in [-0.2, -0.15) is 18.3 Å². The first-order chi connectivity index (χ1) is 14.8. The second-order valence-corrected chi connectivity index (χ2v) is 8.11. The average Bonchev–Trinajstić information content (AvgIpc) is 3.38. The number of thiophene rings is 1. The topological polar surface area (TPSA) is 106 Å². The number of fused-ring (bicyclic) bond motifs is 1. The van der Waals surface area contributed by atoms with E-state index in [-0.39, 0.29) is 12.1 Å². The molecule has 13 heteroatoms. The van der Waals surface area contributed by atoms with Gasteiger partial charge in [-0.1, -0.05) is 0 Å². The minimum absolute atomic E-state index is 0.0310. The van der Waals surface area contributed by atoms with Crippen LogP contribution in [-0.4, -0.2) is 37.6 Å². The lowest BCUT2D eigenvalue weighted by Gasteiger charge is -2.18. The van der Waals surface area contributed by atoms with Gasteiger partial charge in [0.25, 0.3) is 5.56 Å². The van der Waals surface area contributed by atoms with Crippen LogP contribution in [0.2, 0.25) is 0 Å². The van der Waals surface area contributed by atoms with Gasteiger partial charge in [0, 0.05) is 34.0 Å². The van der Waals surface area contributed by atoms with Gasteiger partial charge >= 0.3 is 6.18 Å². The molecule has 1 atom stereocenters. The molecule has 4 aromatic heterocycles. The molecule has 0 amide bonds. The molecule has 0 radical (unpaired) electrons. The number of aromatic nitrogens is 5. The lowest BCUT2D eigenvalue weighted by atomic mass is 10.2. The highest BCUT2D eigenvalue weighted by molar-refractivity contribution is 9.10. The molecule has 0 aliphatic carbocycles. The van der Waals surface area contributed by atoms with Crippen LogP contribution >= 0.6 is 27.3 Å². The van der Waals surface area contributed by atoms with Crippen molar-refractivity contribution >= 4 is 49.5 Å². The fourth-order valence-electron chi connectivity index (χ4n) is 3.06. The lowest BCUT2D eigenvalue weighted by molar-refractivity contribution is -0.141. The molecule has 4 rings (SSSR count). The van der Waals surface area contributed by atoms with Crippen LogP contribution in [0.1, 0.15) is 11.7 Å². The van der Waals surface area contributed by atoms with Crippen molar-refractivity contribution in [3.63, 3.8) is 0 Å². The molecule has 160 valence electrons. The van der Waals surface area contributed by atoms with Gasteiger partial charge in [0.1, 0.15) is 29.4 Å². The van der Waals surface area contributed by atoms with Crippen molar-refractivity contribution in [2.75, 3.05) is 11.9 Å². The zero-order valence-electron chi connectivity index (χ0n) is 15.4. The second-order valence-electron chi connectivity index (χ2n) is 6.37. The van der Waals surface area contributed by atoms with E-state index < -0.39 is 23.5 Å². The number of nitrogens with one attached hydrogen (secondary N) is 2. The van der Waals surface area contributed by atoms with E-state index in [0.717, 1.165) is 21.3 Å². The number of pyridine rings is 2. The summed E-state index contributed by atoms with van der Waals surface area (Å²) in [5.74, 6) is 0.487. The minimum atomic E-state index is -4.69. The van der Waals surface area contributed by atoms with Crippen molar-refractivity contribution in [1.29, 1.82) is 0 Å². The molecule has 2 N–H and O–H groups in total. The van der Waals surface area contributed by atoms with E-state index in [9.17, 15) is 22.8 Å². The third-order valence-electron chi connectivity index (χ3n) is 4.46. The predicted octanol–water partition coefficient (Wildman–Crippen LogP) is 3.88. The fourth-order valence-corrected chi connectivity index (χ4v) is 4.69. The third kappa shape index (κ3) is 4.10. The summed E-state index contributed by atoms with van der Waals surface area (Å²) in [7, 11) is 0. The predicted molar refractivity (Wildman–Crippen MR) is 112 cm³/mol. The number of nitrogens with zero attached hydrogens (tertiary/aromatic N) is 4. The van der Waals surface area contributed by atoms with Gasteiger partial charge in [0.2, 0.25) is 0 Å². The molecule has 0 fully saturated rings. The molecule has 0 saturated carbocycles. The maximum atomic E-state index is 13.1. The molecular weight excluding hydrogens is 501 g/mol. The number of hydrogen-bond donors (Lipinski definition) is 2. The van der Waals surface area contributed by atoms with Gasteiger partial charge in [0.05, 0.1) is 11.1 Å². The summed E-state index contributed by atoms with van der Waals surface area (Å²) in [4.78, 5) is 31.9. The summed E-state index contributed by atoms with van der Waals surface area (Å²) >= 11 is 4.75.